The summed E-state index contributed by atoms with van der Waals surface area (Å²) in [7, 11) is 0. The lowest BCUT2D eigenvalue weighted by Gasteiger charge is -2.23. The fourth-order valence-corrected chi connectivity index (χ4v) is 1.69. The topological polar surface area (TPSA) is 67.1 Å². The van der Waals surface area contributed by atoms with Gasteiger partial charge < -0.3 is 4.90 Å². The lowest BCUT2D eigenvalue weighted by molar-refractivity contribution is -0.141. The van der Waals surface area contributed by atoms with Gasteiger partial charge in [-0.1, -0.05) is 13.8 Å². The Balaban J connectivity index is 3.17. The monoisotopic (exact) mass is 277 g/mol. The van der Waals surface area contributed by atoms with Gasteiger partial charge in [0, 0.05) is 19.2 Å². The molecule has 1 aromatic heterocycles. The molecule has 0 aromatic carbocycles. The number of anilines is 2. The summed E-state index contributed by atoms with van der Waals surface area (Å²) < 4.78 is 38.2. The maximum atomic E-state index is 12.7. The summed E-state index contributed by atoms with van der Waals surface area (Å²) in [6.07, 6.45) is -2.89. The van der Waals surface area contributed by atoms with Crippen molar-refractivity contribution in [2.24, 2.45) is 5.84 Å². The van der Waals surface area contributed by atoms with Gasteiger partial charge in [0.1, 0.15) is 5.82 Å². The molecule has 1 aromatic rings. The van der Waals surface area contributed by atoms with Crippen LogP contribution in [0.1, 0.15) is 32.4 Å². The number of nitrogen functional groups attached to an aromatic ring is 1. The molecule has 0 spiro atoms. The van der Waals surface area contributed by atoms with Gasteiger partial charge in [-0.05, 0) is 12.8 Å². The Hall–Kier alpha value is -1.57. The van der Waals surface area contributed by atoms with Crippen molar-refractivity contribution in [1.29, 1.82) is 0 Å². The highest BCUT2D eigenvalue weighted by molar-refractivity contribution is 5.45. The smallest absolute Gasteiger partial charge is 0.356 e. The molecule has 1 rings (SSSR count). The molecule has 0 unspecified atom stereocenters. The zero-order valence-electron chi connectivity index (χ0n) is 11.0. The molecule has 8 heteroatoms. The van der Waals surface area contributed by atoms with E-state index in [0.29, 0.717) is 13.1 Å². The number of hydrogen-bond donors (Lipinski definition) is 2. The van der Waals surface area contributed by atoms with Crippen LogP contribution in [0.4, 0.5) is 24.9 Å². The van der Waals surface area contributed by atoms with E-state index in [0.717, 1.165) is 18.9 Å². The van der Waals surface area contributed by atoms with Crippen LogP contribution in [0.3, 0.4) is 0 Å². The van der Waals surface area contributed by atoms with Gasteiger partial charge in [0.05, 0.1) is 0 Å². The maximum absolute atomic E-state index is 12.7. The summed E-state index contributed by atoms with van der Waals surface area (Å²) in [5, 5.41) is 0. The predicted octanol–water partition coefficient (Wildman–Crippen LogP) is 2.41. The van der Waals surface area contributed by atoms with Gasteiger partial charge in [0.2, 0.25) is 5.95 Å². The molecule has 0 aliphatic rings. The van der Waals surface area contributed by atoms with Crippen LogP contribution in [0.5, 0.6) is 0 Å². The van der Waals surface area contributed by atoms with Gasteiger partial charge in [-0.2, -0.15) is 18.2 Å². The number of nitrogens with zero attached hydrogens (tertiary/aromatic N) is 3. The predicted molar refractivity (Wildman–Crippen MR) is 67.6 cm³/mol. The summed E-state index contributed by atoms with van der Waals surface area (Å²) in [5.41, 5.74) is 1.07. The van der Waals surface area contributed by atoms with Gasteiger partial charge in [0.15, 0.2) is 5.69 Å². The van der Waals surface area contributed by atoms with E-state index in [4.69, 9.17) is 5.84 Å². The number of hydrogen-bond acceptors (Lipinski definition) is 5. The minimum Gasteiger partial charge on any atom is -0.356 e. The van der Waals surface area contributed by atoms with Gasteiger partial charge in [-0.3, -0.25) is 5.43 Å². The van der Waals surface area contributed by atoms with Crippen LogP contribution in [0.25, 0.3) is 0 Å². The minimum absolute atomic E-state index is 0.234. The number of hydrazine groups is 1. The Bertz CT molecular complexity index is 402. The standard InChI is InChI=1S/C11H18F3N5/c1-3-5-19(6-4-2)9-7-8(11(12,13)14)16-10(17-9)18-15/h7H,3-6,15H2,1-2H3,(H,16,17,18). The van der Waals surface area contributed by atoms with Crippen LogP contribution in [0.15, 0.2) is 6.07 Å². The summed E-state index contributed by atoms with van der Waals surface area (Å²) in [5.74, 6) is 5.12. The third kappa shape index (κ3) is 4.23. The van der Waals surface area contributed by atoms with Crippen molar-refractivity contribution in [2.45, 2.75) is 32.9 Å². The van der Waals surface area contributed by atoms with Crippen molar-refractivity contribution in [3.8, 4) is 0 Å². The molecule has 0 aliphatic carbocycles. The zero-order valence-corrected chi connectivity index (χ0v) is 11.0. The highest BCUT2D eigenvalue weighted by Crippen LogP contribution is 2.30. The Morgan fingerprint density at radius 2 is 1.79 bits per heavy atom. The van der Waals surface area contributed by atoms with Crippen molar-refractivity contribution in [2.75, 3.05) is 23.4 Å². The number of rotatable bonds is 6. The lowest BCUT2D eigenvalue weighted by atomic mass is 10.3. The van der Waals surface area contributed by atoms with Crippen LogP contribution >= 0.6 is 0 Å². The summed E-state index contributed by atoms with van der Waals surface area (Å²) >= 11 is 0. The molecule has 0 radical (unpaired) electrons. The third-order valence-corrected chi connectivity index (χ3v) is 2.44. The maximum Gasteiger partial charge on any atom is 0.433 e. The van der Waals surface area contributed by atoms with Crippen LogP contribution < -0.4 is 16.2 Å². The molecule has 0 atom stereocenters. The highest BCUT2D eigenvalue weighted by Gasteiger charge is 2.34. The summed E-state index contributed by atoms with van der Waals surface area (Å²) in [4.78, 5) is 9.10. The van der Waals surface area contributed by atoms with E-state index >= 15 is 0 Å². The Kier molecular flexibility index (Phi) is 5.34. The van der Waals surface area contributed by atoms with E-state index in [1.165, 1.54) is 0 Å². The van der Waals surface area contributed by atoms with Gasteiger partial charge in [-0.25, -0.2) is 10.8 Å². The van der Waals surface area contributed by atoms with Crippen molar-refractivity contribution >= 4 is 11.8 Å². The van der Waals surface area contributed by atoms with Crippen molar-refractivity contribution in [1.82, 2.24) is 9.97 Å². The molecule has 5 nitrogen and oxygen atoms in total. The normalized spacial score (nSPS) is 11.5. The van der Waals surface area contributed by atoms with Crippen molar-refractivity contribution < 1.29 is 13.2 Å². The number of alkyl halides is 3. The molecule has 19 heavy (non-hydrogen) atoms. The first-order valence-electron chi connectivity index (χ1n) is 6.10. The van der Waals surface area contributed by atoms with Crippen LogP contribution in [0.2, 0.25) is 0 Å². The Labute approximate surface area is 110 Å². The van der Waals surface area contributed by atoms with Gasteiger partial charge in [0.25, 0.3) is 0 Å². The van der Waals surface area contributed by atoms with Crippen molar-refractivity contribution in [3.05, 3.63) is 11.8 Å². The molecule has 0 amide bonds. The Morgan fingerprint density at radius 3 is 2.21 bits per heavy atom. The van der Waals surface area contributed by atoms with E-state index in [2.05, 4.69) is 15.4 Å². The van der Waals surface area contributed by atoms with E-state index in [1.807, 2.05) is 13.8 Å². The molecule has 108 valence electrons. The number of nitrogens with one attached hydrogen (secondary N) is 1. The quantitative estimate of drug-likeness (QED) is 0.617. The molecule has 3 N–H and O–H groups in total. The van der Waals surface area contributed by atoms with Gasteiger partial charge >= 0.3 is 6.18 Å². The first kappa shape index (κ1) is 15.5. The summed E-state index contributed by atoms with van der Waals surface area (Å²) in [6, 6.07) is 0.951. The fraction of sp³-hybridized carbons (Fsp3) is 0.636. The van der Waals surface area contributed by atoms with Crippen LogP contribution in [-0.4, -0.2) is 23.1 Å². The molecular weight excluding hydrogens is 259 g/mol. The second kappa shape index (κ2) is 6.55. The first-order valence-corrected chi connectivity index (χ1v) is 6.10. The Morgan fingerprint density at radius 1 is 1.21 bits per heavy atom. The molecule has 1 heterocycles. The van der Waals surface area contributed by atoms with E-state index in [1.54, 1.807) is 4.90 Å². The second-order valence-electron chi connectivity index (χ2n) is 4.06. The van der Waals surface area contributed by atoms with E-state index in [9.17, 15) is 13.2 Å². The second-order valence-corrected chi connectivity index (χ2v) is 4.06. The first-order chi connectivity index (χ1) is 8.92. The van der Waals surface area contributed by atoms with E-state index in [-0.39, 0.29) is 11.8 Å². The SMILES string of the molecule is CCCN(CCC)c1cc(C(F)(F)F)nc(NN)n1. The third-order valence-electron chi connectivity index (χ3n) is 2.44. The average Bonchev–Trinajstić information content (AvgIpc) is 2.37. The lowest BCUT2D eigenvalue weighted by Crippen LogP contribution is -2.27. The van der Waals surface area contributed by atoms with Crippen LogP contribution in [-0.2, 0) is 6.18 Å². The van der Waals surface area contributed by atoms with Crippen LogP contribution in [0, 0.1) is 0 Å². The van der Waals surface area contributed by atoms with Gasteiger partial charge in [-0.15, -0.1) is 0 Å². The molecule has 0 bridgehead atoms. The van der Waals surface area contributed by atoms with E-state index < -0.39 is 11.9 Å². The zero-order chi connectivity index (χ0) is 14.5. The molecule has 0 fully saturated rings. The molecule has 0 aliphatic heterocycles. The number of nitrogens with two attached hydrogens (primary N) is 1. The summed E-state index contributed by atoms with van der Waals surface area (Å²) in [6.45, 7) is 5.17. The molecule has 0 saturated heterocycles. The fourth-order valence-electron chi connectivity index (χ4n) is 1.69. The molecular formula is C11H18F3N5. The minimum atomic E-state index is -4.52. The van der Waals surface area contributed by atoms with Crippen molar-refractivity contribution in [3.63, 3.8) is 0 Å². The number of aromatic nitrogens is 2. The largest absolute Gasteiger partial charge is 0.433 e. The molecule has 0 saturated carbocycles. The number of halogens is 3. The average molecular weight is 277 g/mol. The highest BCUT2D eigenvalue weighted by atomic mass is 19.4.